The van der Waals surface area contributed by atoms with E-state index in [2.05, 4.69) is 47.8 Å². The smallest absolute Gasteiger partial charge is 0.109 e. The number of allylic oxidation sites excluding steroid dienone is 1. The van der Waals surface area contributed by atoms with Gasteiger partial charge in [-0.05, 0) is 54.5 Å². The Hall–Kier alpha value is -3.01. The van der Waals surface area contributed by atoms with Crippen molar-refractivity contribution in [2.24, 2.45) is 13.0 Å². The minimum Gasteiger partial charge on any atom is -0.331 e. The number of hydrogen-bond acceptors (Lipinski definition) is 3. The van der Waals surface area contributed by atoms with Gasteiger partial charge in [-0.2, -0.15) is 0 Å². The molecule has 1 aliphatic carbocycles. The van der Waals surface area contributed by atoms with Crippen LogP contribution in [0.4, 0.5) is 0 Å². The standard InChI is InChI=1S/C25H26N4/c1-3-17-7-6-8-18-11-13-23-25(20(18)15-17)28-24(29(23)2)14-12-19-16-26-21-9-4-5-10-22(21)27-19/h4-6,8-11,13,16-17H,3,7,12,14-15H2,1-2H3. The van der Waals surface area contributed by atoms with Gasteiger partial charge in [0.2, 0.25) is 0 Å². The average molecular weight is 383 g/mol. The Balaban J connectivity index is 1.46. The van der Waals surface area contributed by atoms with Crippen molar-refractivity contribution in [2.75, 3.05) is 0 Å². The molecule has 4 heteroatoms. The predicted molar refractivity (Wildman–Crippen MR) is 119 cm³/mol. The van der Waals surface area contributed by atoms with E-state index in [1.165, 1.54) is 28.6 Å². The van der Waals surface area contributed by atoms with Gasteiger partial charge in [-0.15, -0.1) is 0 Å². The summed E-state index contributed by atoms with van der Waals surface area (Å²) in [6.07, 6.45) is 11.7. The summed E-state index contributed by atoms with van der Waals surface area (Å²) in [6, 6.07) is 12.5. The minimum atomic E-state index is 0.705. The van der Waals surface area contributed by atoms with Crippen LogP contribution < -0.4 is 0 Å². The Kier molecular flexibility index (Phi) is 4.62. The summed E-state index contributed by atoms with van der Waals surface area (Å²) in [5.41, 5.74) is 8.07. The summed E-state index contributed by atoms with van der Waals surface area (Å²) in [4.78, 5) is 14.4. The molecule has 0 radical (unpaired) electrons. The Morgan fingerprint density at radius 1 is 1.03 bits per heavy atom. The molecule has 0 amide bonds. The van der Waals surface area contributed by atoms with Crippen LogP contribution in [0.3, 0.4) is 0 Å². The molecule has 0 bridgehead atoms. The second-order valence-corrected chi connectivity index (χ2v) is 8.05. The zero-order valence-electron chi connectivity index (χ0n) is 17.1. The van der Waals surface area contributed by atoms with Gasteiger partial charge >= 0.3 is 0 Å². The molecule has 2 aromatic heterocycles. The van der Waals surface area contributed by atoms with Crippen LogP contribution in [0.1, 0.15) is 42.4 Å². The van der Waals surface area contributed by atoms with Crippen LogP contribution in [0.2, 0.25) is 0 Å². The van der Waals surface area contributed by atoms with Gasteiger partial charge in [-0.3, -0.25) is 4.98 Å². The molecule has 5 rings (SSSR count). The quantitative estimate of drug-likeness (QED) is 0.482. The maximum Gasteiger partial charge on any atom is 0.109 e. The Labute approximate surface area is 171 Å². The lowest BCUT2D eigenvalue weighted by molar-refractivity contribution is 0.518. The Morgan fingerprint density at radius 3 is 2.76 bits per heavy atom. The number of nitrogens with zero attached hydrogens (tertiary/aromatic N) is 4. The highest BCUT2D eigenvalue weighted by atomic mass is 15.1. The number of hydrogen-bond donors (Lipinski definition) is 0. The van der Waals surface area contributed by atoms with Gasteiger partial charge in [-0.1, -0.05) is 43.7 Å². The van der Waals surface area contributed by atoms with Gasteiger partial charge in [0.05, 0.1) is 27.8 Å². The SMILES string of the molecule is CCC1CC=Cc2ccc3c(nc(CCc4cnc5ccccc5n4)n3C)c2C1. The molecular formula is C25H26N4. The number of rotatable bonds is 4. The molecule has 2 aromatic carbocycles. The molecule has 0 N–H and O–H groups in total. The molecule has 0 spiro atoms. The Morgan fingerprint density at radius 2 is 1.90 bits per heavy atom. The molecular weight excluding hydrogens is 356 g/mol. The maximum atomic E-state index is 5.09. The van der Waals surface area contributed by atoms with E-state index in [1.54, 1.807) is 0 Å². The van der Waals surface area contributed by atoms with Crippen molar-refractivity contribution >= 4 is 28.1 Å². The summed E-state index contributed by atoms with van der Waals surface area (Å²) in [5.74, 6) is 1.82. The first-order chi connectivity index (χ1) is 14.2. The lowest BCUT2D eigenvalue weighted by Crippen LogP contribution is -2.02. The number of imidazole rings is 1. The normalized spacial score (nSPS) is 16.3. The van der Waals surface area contributed by atoms with E-state index in [4.69, 9.17) is 9.97 Å². The van der Waals surface area contributed by atoms with Crippen LogP contribution in [0.5, 0.6) is 0 Å². The van der Waals surface area contributed by atoms with Gasteiger partial charge in [0.1, 0.15) is 5.82 Å². The molecule has 1 aliphatic rings. The zero-order valence-corrected chi connectivity index (χ0v) is 17.1. The van der Waals surface area contributed by atoms with Crippen LogP contribution in [-0.4, -0.2) is 19.5 Å². The van der Waals surface area contributed by atoms with Crippen molar-refractivity contribution in [2.45, 2.75) is 39.0 Å². The minimum absolute atomic E-state index is 0.705. The van der Waals surface area contributed by atoms with Crippen molar-refractivity contribution in [3.8, 4) is 0 Å². The fourth-order valence-electron chi connectivity index (χ4n) is 4.40. The highest BCUT2D eigenvalue weighted by molar-refractivity contribution is 5.84. The van der Waals surface area contributed by atoms with Crippen molar-refractivity contribution in [1.82, 2.24) is 19.5 Å². The van der Waals surface area contributed by atoms with E-state index in [0.717, 1.165) is 48.2 Å². The van der Waals surface area contributed by atoms with Crippen molar-refractivity contribution < 1.29 is 0 Å². The van der Waals surface area contributed by atoms with Crippen LogP contribution in [0.25, 0.3) is 28.1 Å². The average Bonchev–Trinajstić information content (AvgIpc) is 2.94. The fourth-order valence-corrected chi connectivity index (χ4v) is 4.40. The van der Waals surface area contributed by atoms with Gasteiger partial charge < -0.3 is 4.57 Å². The van der Waals surface area contributed by atoms with Crippen LogP contribution in [0, 0.1) is 5.92 Å². The van der Waals surface area contributed by atoms with Crippen LogP contribution >= 0.6 is 0 Å². The molecule has 4 aromatic rings. The lowest BCUT2D eigenvalue weighted by atomic mass is 9.93. The topological polar surface area (TPSA) is 43.6 Å². The van der Waals surface area contributed by atoms with Crippen molar-refractivity contribution in [3.63, 3.8) is 0 Å². The van der Waals surface area contributed by atoms with E-state index < -0.39 is 0 Å². The number of aryl methyl sites for hydroxylation is 3. The first-order valence-corrected chi connectivity index (χ1v) is 10.6. The molecule has 0 saturated heterocycles. The summed E-state index contributed by atoms with van der Waals surface area (Å²) >= 11 is 0. The second kappa shape index (κ2) is 7.43. The Bertz CT molecular complexity index is 1220. The second-order valence-electron chi connectivity index (χ2n) is 8.05. The molecule has 0 saturated carbocycles. The zero-order chi connectivity index (χ0) is 19.8. The lowest BCUT2D eigenvalue weighted by Gasteiger charge is -2.12. The third-order valence-electron chi connectivity index (χ3n) is 6.23. The molecule has 146 valence electrons. The highest BCUT2D eigenvalue weighted by Crippen LogP contribution is 2.31. The number of para-hydroxylation sites is 2. The van der Waals surface area contributed by atoms with E-state index in [-0.39, 0.29) is 0 Å². The number of fused-ring (bicyclic) bond motifs is 4. The molecule has 29 heavy (non-hydrogen) atoms. The highest BCUT2D eigenvalue weighted by Gasteiger charge is 2.18. The molecule has 1 atom stereocenters. The fraction of sp³-hybridized carbons (Fsp3) is 0.320. The number of benzene rings is 2. The van der Waals surface area contributed by atoms with Crippen molar-refractivity contribution in [3.05, 3.63) is 71.3 Å². The summed E-state index contributed by atoms with van der Waals surface area (Å²) in [5, 5.41) is 0. The van der Waals surface area contributed by atoms with Gasteiger partial charge in [0.25, 0.3) is 0 Å². The van der Waals surface area contributed by atoms with E-state index in [0.29, 0.717) is 5.92 Å². The third-order valence-corrected chi connectivity index (χ3v) is 6.23. The maximum absolute atomic E-state index is 5.09. The van der Waals surface area contributed by atoms with Crippen LogP contribution in [-0.2, 0) is 26.3 Å². The molecule has 0 aliphatic heterocycles. The number of aromatic nitrogens is 4. The first kappa shape index (κ1) is 18.0. The van der Waals surface area contributed by atoms with Crippen molar-refractivity contribution in [1.29, 1.82) is 0 Å². The van der Waals surface area contributed by atoms with Gasteiger partial charge in [0, 0.05) is 19.7 Å². The van der Waals surface area contributed by atoms with E-state index in [9.17, 15) is 0 Å². The summed E-state index contributed by atoms with van der Waals surface area (Å²) < 4.78 is 2.25. The monoisotopic (exact) mass is 382 g/mol. The molecule has 1 unspecified atom stereocenters. The molecule has 0 fully saturated rings. The summed E-state index contributed by atoms with van der Waals surface area (Å²) in [6.45, 7) is 2.29. The largest absolute Gasteiger partial charge is 0.331 e. The van der Waals surface area contributed by atoms with E-state index in [1.807, 2.05) is 30.5 Å². The summed E-state index contributed by atoms with van der Waals surface area (Å²) in [7, 11) is 2.13. The van der Waals surface area contributed by atoms with Crippen LogP contribution in [0.15, 0.2) is 48.7 Å². The molecule has 2 heterocycles. The first-order valence-electron chi connectivity index (χ1n) is 10.6. The predicted octanol–water partition coefficient (Wildman–Crippen LogP) is 5.29. The van der Waals surface area contributed by atoms with Gasteiger partial charge in [-0.25, -0.2) is 9.97 Å². The molecule has 4 nitrogen and oxygen atoms in total. The third kappa shape index (κ3) is 3.33. The van der Waals surface area contributed by atoms with Gasteiger partial charge in [0.15, 0.2) is 0 Å². The van der Waals surface area contributed by atoms with E-state index >= 15 is 0 Å².